The van der Waals surface area contributed by atoms with E-state index in [4.69, 9.17) is 5.73 Å². The third kappa shape index (κ3) is 5.82. The van der Waals surface area contributed by atoms with Crippen LogP contribution in [0.25, 0.3) is 0 Å². The van der Waals surface area contributed by atoms with E-state index < -0.39 is 18.2 Å². The summed E-state index contributed by atoms with van der Waals surface area (Å²) in [5.74, 6) is -0.413. The molecule has 0 spiro atoms. The molecule has 1 aliphatic carbocycles. The van der Waals surface area contributed by atoms with Crippen LogP contribution in [0, 0.1) is 0 Å². The summed E-state index contributed by atoms with van der Waals surface area (Å²) in [6.45, 7) is 0.703. The molecule has 0 aromatic heterocycles. The fourth-order valence-electron chi connectivity index (χ4n) is 5.37. The fraction of sp³-hybridized carbons (Fsp3) is 0.464. The van der Waals surface area contributed by atoms with Gasteiger partial charge in [-0.15, -0.1) is 0 Å². The third-order valence-corrected chi connectivity index (χ3v) is 7.58. The Labute approximate surface area is 216 Å². The van der Waals surface area contributed by atoms with Gasteiger partial charge in [-0.2, -0.15) is 8.78 Å². The molecule has 2 aromatic carbocycles. The monoisotopic (exact) mass is 512 g/mol. The second-order valence-electron chi connectivity index (χ2n) is 9.67. The standard InChI is InChI=1S/C28H34F2N4O3/c1-3-28(4-2)17-24(35)34(27(31)33-28)23(14-15-37-26(29)30)19-9-7-10-20(16-19)25(36)32-22-13-12-18-8-5-6-11-21(18)22/h5-11,16,22-23,26H,3-4,12-15,17H2,1-2H3,(H2,31,33)(H,32,36)/t22-,23+/m0/s1. The molecule has 2 atom stereocenters. The number of amides is 2. The number of fused-ring (bicyclic) bond motifs is 1. The number of alkyl halides is 2. The van der Waals surface area contributed by atoms with Gasteiger partial charge in [-0.3, -0.25) is 14.5 Å². The number of guanidine groups is 1. The second-order valence-corrected chi connectivity index (χ2v) is 9.67. The number of ether oxygens (including phenoxy) is 1. The van der Waals surface area contributed by atoms with Gasteiger partial charge in [0, 0.05) is 5.56 Å². The van der Waals surface area contributed by atoms with E-state index in [1.54, 1.807) is 24.3 Å². The molecule has 0 saturated heterocycles. The van der Waals surface area contributed by atoms with Crippen molar-refractivity contribution in [1.82, 2.24) is 10.2 Å². The maximum absolute atomic E-state index is 13.3. The molecule has 0 unspecified atom stereocenters. The molecule has 4 rings (SSSR count). The first kappa shape index (κ1) is 26.7. The van der Waals surface area contributed by atoms with Crippen molar-refractivity contribution in [2.75, 3.05) is 6.61 Å². The van der Waals surface area contributed by atoms with Crippen molar-refractivity contribution in [3.8, 4) is 0 Å². The third-order valence-electron chi connectivity index (χ3n) is 7.58. The summed E-state index contributed by atoms with van der Waals surface area (Å²) < 4.78 is 30.0. The van der Waals surface area contributed by atoms with Gasteiger partial charge >= 0.3 is 6.61 Å². The SMILES string of the molecule is CCC1(CC)CC(=O)N([C@H](CCOC(F)F)c2cccc(C(=O)N[C@H]3CCc4ccccc43)c2)C(N)=N1. The molecule has 2 amide bonds. The maximum atomic E-state index is 13.3. The Balaban J connectivity index is 1.60. The predicted octanol–water partition coefficient (Wildman–Crippen LogP) is 4.88. The summed E-state index contributed by atoms with van der Waals surface area (Å²) in [5.41, 5.74) is 9.10. The molecule has 0 saturated carbocycles. The first-order chi connectivity index (χ1) is 17.8. The molecule has 2 aliphatic rings. The van der Waals surface area contributed by atoms with Crippen LogP contribution in [0.3, 0.4) is 0 Å². The van der Waals surface area contributed by atoms with Gasteiger partial charge in [0.2, 0.25) is 5.91 Å². The number of aryl methyl sites for hydroxylation is 1. The van der Waals surface area contributed by atoms with Crippen molar-refractivity contribution in [3.05, 3.63) is 70.8 Å². The summed E-state index contributed by atoms with van der Waals surface area (Å²) in [6.07, 6.45) is 3.28. The maximum Gasteiger partial charge on any atom is 0.345 e. The fourth-order valence-corrected chi connectivity index (χ4v) is 5.37. The topological polar surface area (TPSA) is 97.0 Å². The van der Waals surface area contributed by atoms with Crippen LogP contribution in [0.15, 0.2) is 53.5 Å². The highest BCUT2D eigenvalue weighted by Crippen LogP contribution is 2.35. The average Bonchev–Trinajstić information content (AvgIpc) is 3.29. The number of halogens is 2. The molecule has 7 nitrogen and oxygen atoms in total. The van der Waals surface area contributed by atoms with Gasteiger partial charge in [-0.25, -0.2) is 4.99 Å². The van der Waals surface area contributed by atoms with E-state index in [2.05, 4.69) is 21.1 Å². The number of nitrogens with one attached hydrogen (secondary N) is 1. The molecular formula is C28H34F2N4O3. The van der Waals surface area contributed by atoms with Crippen LogP contribution >= 0.6 is 0 Å². The number of rotatable bonds is 10. The lowest BCUT2D eigenvalue weighted by Crippen LogP contribution is -2.52. The Morgan fingerprint density at radius 3 is 2.68 bits per heavy atom. The van der Waals surface area contributed by atoms with E-state index in [0.29, 0.717) is 24.0 Å². The molecule has 1 heterocycles. The normalized spacial score (nSPS) is 19.5. The van der Waals surface area contributed by atoms with Crippen LogP contribution < -0.4 is 11.1 Å². The average molecular weight is 513 g/mol. The van der Waals surface area contributed by atoms with E-state index in [1.807, 2.05) is 32.0 Å². The van der Waals surface area contributed by atoms with Crippen LogP contribution in [0.5, 0.6) is 0 Å². The first-order valence-corrected chi connectivity index (χ1v) is 12.8. The summed E-state index contributed by atoms with van der Waals surface area (Å²) in [6, 6.07) is 14.1. The highest BCUT2D eigenvalue weighted by atomic mass is 19.3. The lowest BCUT2D eigenvalue weighted by Gasteiger charge is -2.40. The molecule has 0 radical (unpaired) electrons. The number of hydrogen-bond acceptors (Lipinski definition) is 5. The number of nitrogens with zero attached hydrogens (tertiary/aromatic N) is 2. The van der Waals surface area contributed by atoms with Crippen molar-refractivity contribution in [2.45, 2.75) is 76.6 Å². The Morgan fingerprint density at radius 2 is 1.97 bits per heavy atom. The number of hydrogen-bond donors (Lipinski definition) is 2. The Kier molecular flexibility index (Phi) is 8.22. The van der Waals surface area contributed by atoms with Crippen molar-refractivity contribution >= 4 is 17.8 Å². The van der Waals surface area contributed by atoms with E-state index in [1.165, 1.54) is 10.5 Å². The molecule has 9 heteroatoms. The van der Waals surface area contributed by atoms with Gasteiger partial charge in [0.25, 0.3) is 5.91 Å². The quantitative estimate of drug-likeness (QED) is 0.474. The molecule has 0 bridgehead atoms. The van der Waals surface area contributed by atoms with Gasteiger partial charge in [0.1, 0.15) is 0 Å². The molecule has 198 valence electrons. The van der Waals surface area contributed by atoms with Crippen LogP contribution in [-0.4, -0.2) is 41.4 Å². The number of nitrogens with two attached hydrogens (primary N) is 1. The van der Waals surface area contributed by atoms with Crippen molar-refractivity contribution in [2.24, 2.45) is 10.7 Å². The highest BCUT2D eigenvalue weighted by molar-refractivity contribution is 6.00. The van der Waals surface area contributed by atoms with E-state index in [-0.39, 0.29) is 43.3 Å². The lowest BCUT2D eigenvalue weighted by atomic mass is 9.87. The van der Waals surface area contributed by atoms with Crippen molar-refractivity contribution < 1.29 is 23.1 Å². The Bertz CT molecular complexity index is 1170. The van der Waals surface area contributed by atoms with Gasteiger partial charge < -0.3 is 15.8 Å². The minimum absolute atomic E-state index is 0.0550. The van der Waals surface area contributed by atoms with Crippen LogP contribution in [0.2, 0.25) is 0 Å². The van der Waals surface area contributed by atoms with Crippen LogP contribution in [0.4, 0.5) is 8.78 Å². The summed E-state index contributed by atoms with van der Waals surface area (Å²) >= 11 is 0. The lowest BCUT2D eigenvalue weighted by molar-refractivity contribution is -0.137. The predicted molar refractivity (Wildman–Crippen MR) is 137 cm³/mol. The zero-order valence-corrected chi connectivity index (χ0v) is 21.3. The zero-order valence-electron chi connectivity index (χ0n) is 21.3. The minimum atomic E-state index is -2.93. The molecule has 0 fully saturated rings. The van der Waals surface area contributed by atoms with E-state index in [0.717, 1.165) is 18.4 Å². The number of benzene rings is 2. The molecule has 1 aliphatic heterocycles. The molecule has 2 aromatic rings. The minimum Gasteiger partial charge on any atom is -0.369 e. The number of aliphatic imine (C=N–C) groups is 1. The molecule has 37 heavy (non-hydrogen) atoms. The van der Waals surface area contributed by atoms with Gasteiger partial charge in [0.15, 0.2) is 5.96 Å². The van der Waals surface area contributed by atoms with Crippen LogP contribution in [0.1, 0.15) is 85.1 Å². The largest absolute Gasteiger partial charge is 0.369 e. The van der Waals surface area contributed by atoms with Crippen molar-refractivity contribution in [1.29, 1.82) is 0 Å². The highest BCUT2D eigenvalue weighted by Gasteiger charge is 2.40. The first-order valence-electron chi connectivity index (χ1n) is 12.8. The zero-order chi connectivity index (χ0) is 26.6. The van der Waals surface area contributed by atoms with E-state index in [9.17, 15) is 18.4 Å². The van der Waals surface area contributed by atoms with Gasteiger partial charge in [-0.1, -0.05) is 50.2 Å². The number of carbonyl (C=O) groups excluding carboxylic acids is 2. The van der Waals surface area contributed by atoms with E-state index >= 15 is 0 Å². The van der Waals surface area contributed by atoms with Crippen molar-refractivity contribution in [3.63, 3.8) is 0 Å². The Morgan fingerprint density at radius 1 is 1.22 bits per heavy atom. The second kappa shape index (κ2) is 11.4. The summed E-state index contributed by atoms with van der Waals surface area (Å²) in [4.78, 5) is 32.5. The molecule has 3 N–H and O–H groups in total. The van der Waals surface area contributed by atoms with Gasteiger partial charge in [0.05, 0.1) is 30.7 Å². The summed E-state index contributed by atoms with van der Waals surface area (Å²) in [5, 5.41) is 3.11. The smallest absolute Gasteiger partial charge is 0.345 e. The van der Waals surface area contributed by atoms with Crippen LogP contribution in [-0.2, 0) is 16.0 Å². The number of carbonyl (C=O) groups is 2. The Hall–Kier alpha value is -3.33. The van der Waals surface area contributed by atoms with Gasteiger partial charge in [-0.05, 0) is 60.9 Å². The molecular weight excluding hydrogens is 478 g/mol. The summed E-state index contributed by atoms with van der Waals surface area (Å²) in [7, 11) is 0.